The molecule has 0 aliphatic heterocycles. The Balaban J connectivity index is 1.99. The second-order valence-corrected chi connectivity index (χ2v) is 6.65. The Morgan fingerprint density at radius 2 is 2.23 bits per heavy atom. The van der Waals surface area contributed by atoms with Crippen LogP contribution < -0.4 is 15.4 Å². The number of halogens is 1. The lowest BCUT2D eigenvalue weighted by Gasteiger charge is -2.12. The van der Waals surface area contributed by atoms with E-state index in [1.54, 1.807) is 23.5 Å². The van der Waals surface area contributed by atoms with Crippen LogP contribution >= 0.6 is 39.5 Å². The summed E-state index contributed by atoms with van der Waals surface area (Å²) in [6.07, 6.45) is 0. The molecule has 1 aromatic heterocycles. The number of thiocarbonyl (C=S) groups is 1. The predicted molar refractivity (Wildman–Crippen MR) is 96.5 cm³/mol. The summed E-state index contributed by atoms with van der Waals surface area (Å²) in [6, 6.07) is 9.27. The molecule has 7 heteroatoms. The summed E-state index contributed by atoms with van der Waals surface area (Å²) < 4.78 is 6.27. The smallest absolute Gasteiger partial charge is 0.261 e. The molecule has 0 spiro atoms. The predicted octanol–water partition coefficient (Wildman–Crippen LogP) is 3.71. The minimum atomic E-state index is -0.298. The molecule has 0 aliphatic rings. The number of carbonyl (C=O) groups excluding carboxylic acids is 1. The molecule has 0 saturated carbocycles. The normalized spacial score (nSPS) is 10.1. The van der Waals surface area contributed by atoms with Gasteiger partial charge >= 0.3 is 0 Å². The fourth-order valence-electron chi connectivity index (χ4n) is 1.76. The van der Waals surface area contributed by atoms with Crippen molar-refractivity contribution in [3.05, 3.63) is 50.6 Å². The first kappa shape index (κ1) is 16.9. The largest absolute Gasteiger partial charge is 0.493 e. The molecular weight excluding hydrogens is 384 g/mol. The Labute approximate surface area is 147 Å². The molecule has 0 radical (unpaired) electrons. The second-order valence-electron chi connectivity index (χ2n) is 4.29. The molecule has 2 rings (SSSR count). The van der Waals surface area contributed by atoms with Gasteiger partial charge in [-0.3, -0.25) is 10.1 Å². The Kier molecular flexibility index (Phi) is 6.35. The van der Waals surface area contributed by atoms with Gasteiger partial charge < -0.3 is 10.1 Å². The molecule has 0 fully saturated rings. The molecule has 22 heavy (non-hydrogen) atoms. The van der Waals surface area contributed by atoms with Gasteiger partial charge in [0.05, 0.1) is 18.7 Å². The number of thiophene rings is 1. The zero-order chi connectivity index (χ0) is 15.9. The van der Waals surface area contributed by atoms with Gasteiger partial charge in [0.15, 0.2) is 5.11 Å². The number of amides is 1. The average molecular weight is 399 g/mol. The summed E-state index contributed by atoms with van der Waals surface area (Å²) in [4.78, 5) is 13.5. The molecular formula is C15H15BrN2O2S2. The van der Waals surface area contributed by atoms with E-state index in [1.165, 1.54) is 0 Å². The van der Waals surface area contributed by atoms with Crippen LogP contribution in [-0.4, -0.2) is 17.6 Å². The quantitative estimate of drug-likeness (QED) is 0.753. The monoisotopic (exact) mass is 398 g/mol. The van der Waals surface area contributed by atoms with Crippen molar-refractivity contribution in [2.24, 2.45) is 0 Å². The zero-order valence-electron chi connectivity index (χ0n) is 11.9. The van der Waals surface area contributed by atoms with Crippen molar-refractivity contribution in [1.82, 2.24) is 10.6 Å². The fraction of sp³-hybridized carbons (Fsp3) is 0.200. The van der Waals surface area contributed by atoms with Gasteiger partial charge in [0, 0.05) is 9.35 Å². The zero-order valence-corrected chi connectivity index (χ0v) is 15.1. The third kappa shape index (κ3) is 4.79. The van der Waals surface area contributed by atoms with E-state index in [-0.39, 0.29) is 5.91 Å². The lowest BCUT2D eigenvalue weighted by atomic mass is 10.2. The lowest BCUT2D eigenvalue weighted by Crippen LogP contribution is -2.38. The average Bonchev–Trinajstić information content (AvgIpc) is 3.00. The van der Waals surface area contributed by atoms with E-state index in [0.717, 1.165) is 9.35 Å². The summed E-state index contributed by atoms with van der Waals surface area (Å²) in [6.45, 7) is 2.95. The van der Waals surface area contributed by atoms with Crippen LogP contribution in [0.5, 0.6) is 5.75 Å². The molecule has 0 aliphatic carbocycles. The number of hydrogen-bond acceptors (Lipinski definition) is 4. The van der Waals surface area contributed by atoms with Crippen LogP contribution in [0.1, 0.15) is 22.2 Å². The highest BCUT2D eigenvalue weighted by Gasteiger charge is 2.14. The minimum absolute atomic E-state index is 0.292. The Hall–Kier alpha value is -1.44. The molecule has 0 saturated heterocycles. The highest BCUT2D eigenvalue weighted by Crippen LogP contribution is 2.23. The van der Waals surface area contributed by atoms with Crippen LogP contribution in [0.15, 0.2) is 40.2 Å². The van der Waals surface area contributed by atoms with Crippen LogP contribution in [0.3, 0.4) is 0 Å². The molecule has 1 amide bonds. The van der Waals surface area contributed by atoms with Crippen molar-refractivity contribution < 1.29 is 9.53 Å². The summed E-state index contributed by atoms with van der Waals surface area (Å²) in [5.74, 6) is 0.234. The van der Waals surface area contributed by atoms with E-state index in [9.17, 15) is 4.79 Å². The van der Waals surface area contributed by atoms with Crippen molar-refractivity contribution >= 4 is 50.5 Å². The van der Waals surface area contributed by atoms with Crippen LogP contribution in [0.2, 0.25) is 0 Å². The molecule has 4 nitrogen and oxygen atoms in total. The number of benzene rings is 1. The van der Waals surface area contributed by atoms with Gasteiger partial charge in [0.2, 0.25) is 0 Å². The second kappa shape index (κ2) is 8.26. The Bertz CT molecular complexity index is 660. The molecule has 1 heterocycles. The third-order valence-electron chi connectivity index (χ3n) is 2.72. The van der Waals surface area contributed by atoms with Gasteiger partial charge in [-0.1, -0.05) is 22.0 Å². The maximum Gasteiger partial charge on any atom is 0.261 e. The fourth-order valence-corrected chi connectivity index (χ4v) is 2.93. The van der Waals surface area contributed by atoms with Crippen molar-refractivity contribution in [2.45, 2.75) is 13.5 Å². The molecule has 1 aromatic carbocycles. The van der Waals surface area contributed by atoms with Crippen molar-refractivity contribution in [2.75, 3.05) is 6.61 Å². The van der Waals surface area contributed by atoms with Gasteiger partial charge in [-0.15, -0.1) is 11.3 Å². The minimum Gasteiger partial charge on any atom is -0.493 e. The number of hydrogen-bond donors (Lipinski definition) is 2. The summed E-state index contributed by atoms with van der Waals surface area (Å²) >= 11 is 10.1. The maximum absolute atomic E-state index is 12.3. The van der Waals surface area contributed by atoms with Crippen LogP contribution in [0.4, 0.5) is 0 Å². The topological polar surface area (TPSA) is 50.4 Å². The molecule has 0 bridgehead atoms. The van der Waals surface area contributed by atoms with E-state index < -0.39 is 0 Å². The molecule has 116 valence electrons. The molecule has 2 N–H and O–H groups in total. The van der Waals surface area contributed by atoms with E-state index in [4.69, 9.17) is 17.0 Å². The van der Waals surface area contributed by atoms with E-state index in [2.05, 4.69) is 26.6 Å². The third-order valence-corrected chi connectivity index (χ3v) is 4.33. The number of rotatable bonds is 5. The number of nitrogens with one attached hydrogen (secondary N) is 2. The number of ether oxygens (including phenoxy) is 1. The van der Waals surface area contributed by atoms with E-state index in [1.807, 2.05) is 30.5 Å². The Morgan fingerprint density at radius 1 is 1.41 bits per heavy atom. The van der Waals surface area contributed by atoms with Gasteiger partial charge in [-0.25, -0.2) is 0 Å². The van der Waals surface area contributed by atoms with Crippen LogP contribution in [0, 0.1) is 0 Å². The lowest BCUT2D eigenvalue weighted by molar-refractivity contribution is 0.0973. The van der Waals surface area contributed by atoms with Gasteiger partial charge in [0.1, 0.15) is 5.75 Å². The van der Waals surface area contributed by atoms with E-state index >= 15 is 0 Å². The first-order chi connectivity index (χ1) is 10.6. The van der Waals surface area contributed by atoms with Gasteiger partial charge in [-0.05, 0) is 48.8 Å². The standard InChI is InChI=1S/C15H15BrN2O2S2/c1-2-20-13-6-5-10(16)8-12(13)14(19)18-15(21)17-9-11-4-3-7-22-11/h3-8H,2,9H2,1H3,(H2,17,18,19,21). The van der Waals surface area contributed by atoms with E-state index in [0.29, 0.717) is 29.6 Å². The molecule has 0 atom stereocenters. The van der Waals surface area contributed by atoms with Crippen LogP contribution in [0.25, 0.3) is 0 Å². The van der Waals surface area contributed by atoms with Crippen molar-refractivity contribution in [3.63, 3.8) is 0 Å². The number of carbonyl (C=O) groups is 1. The summed E-state index contributed by atoms with van der Waals surface area (Å²) in [5, 5.41) is 7.97. The first-order valence-electron chi connectivity index (χ1n) is 6.64. The van der Waals surface area contributed by atoms with Crippen molar-refractivity contribution in [1.29, 1.82) is 0 Å². The van der Waals surface area contributed by atoms with Crippen LogP contribution in [-0.2, 0) is 6.54 Å². The highest BCUT2D eigenvalue weighted by molar-refractivity contribution is 9.10. The summed E-state index contributed by atoms with van der Waals surface area (Å²) in [5.41, 5.74) is 0.441. The van der Waals surface area contributed by atoms with Crippen molar-refractivity contribution in [3.8, 4) is 5.75 Å². The van der Waals surface area contributed by atoms with Gasteiger partial charge in [0.25, 0.3) is 5.91 Å². The molecule has 2 aromatic rings. The maximum atomic E-state index is 12.3. The highest BCUT2D eigenvalue weighted by atomic mass is 79.9. The summed E-state index contributed by atoms with van der Waals surface area (Å²) in [7, 11) is 0. The Morgan fingerprint density at radius 3 is 2.91 bits per heavy atom. The van der Waals surface area contributed by atoms with Gasteiger partial charge in [-0.2, -0.15) is 0 Å². The SMILES string of the molecule is CCOc1ccc(Br)cc1C(=O)NC(=S)NCc1cccs1. The first-order valence-corrected chi connectivity index (χ1v) is 8.72. The molecule has 0 unspecified atom stereocenters.